The quantitative estimate of drug-likeness (QED) is 0.723. The number of ether oxygens (including phenoxy) is 3. The minimum absolute atomic E-state index is 0.0905. The fraction of sp³-hybridized carbons (Fsp3) is 0.167. The van der Waals surface area contributed by atoms with Crippen LogP contribution in [0.15, 0.2) is 41.4 Å². The Bertz CT molecular complexity index is 930. The number of aromatic nitrogens is 1. The van der Waals surface area contributed by atoms with E-state index in [2.05, 4.69) is 9.98 Å². The van der Waals surface area contributed by atoms with Gasteiger partial charge in [0, 0.05) is 17.1 Å². The van der Waals surface area contributed by atoms with Gasteiger partial charge in [0.1, 0.15) is 5.75 Å². The summed E-state index contributed by atoms with van der Waals surface area (Å²) in [7, 11) is 1.61. The smallest absolute Gasteiger partial charge is 0.231 e. The summed E-state index contributed by atoms with van der Waals surface area (Å²) in [5.74, 6) is 2.31. The third-order valence-electron chi connectivity index (χ3n) is 3.96. The molecule has 4 rings (SSSR count). The molecule has 0 aliphatic carbocycles. The number of aromatic hydroxyl groups is 1. The largest absolute Gasteiger partial charge is 0.497 e. The first-order valence-corrected chi connectivity index (χ1v) is 7.51. The average molecular weight is 324 g/mol. The standard InChI is InChI=1S/C18H16N2O4/c1-22-12-3-4-15-13(7-12)14(18(21)20-15)9-19-8-11-2-5-16-17(6-11)24-10-23-16/h2-7,9,20-21H,8,10H2,1H3. The highest BCUT2D eigenvalue weighted by Crippen LogP contribution is 2.33. The van der Waals surface area contributed by atoms with E-state index in [4.69, 9.17) is 14.2 Å². The molecule has 24 heavy (non-hydrogen) atoms. The van der Waals surface area contributed by atoms with Gasteiger partial charge < -0.3 is 24.3 Å². The van der Waals surface area contributed by atoms with Crippen molar-refractivity contribution in [1.82, 2.24) is 4.98 Å². The van der Waals surface area contributed by atoms with Crippen LogP contribution in [0.1, 0.15) is 11.1 Å². The molecule has 2 N–H and O–H groups in total. The Morgan fingerprint density at radius 3 is 2.96 bits per heavy atom. The van der Waals surface area contributed by atoms with Gasteiger partial charge in [-0.1, -0.05) is 6.07 Å². The molecular weight excluding hydrogens is 308 g/mol. The van der Waals surface area contributed by atoms with Crippen LogP contribution in [0.5, 0.6) is 23.1 Å². The zero-order valence-electron chi connectivity index (χ0n) is 13.1. The zero-order chi connectivity index (χ0) is 16.5. The van der Waals surface area contributed by atoms with E-state index in [0.29, 0.717) is 12.1 Å². The lowest BCUT2D eigenvalue weighted by atomic mass is 10.1. The SMILES string of the molecule is COc1ccc2[nH]c(O)c(C=NCc3ccc4c(c3)OCO4)c2c1. The number of aromatic amines is 1. The van der Waals surface area contributed by atoms with Crippen molar-refractivity contribution in [3.63, 3.8) is 0 Å². The Labute approximate surface area is 138 Å². The van der Waals surface area contributed by atoms with E-state index >= 15 is 0 Å². The van der Waals surface area contributed by atoms with E-state index in [9.17, 15) is 5.11 Å². The summed E-state index contributed by atoms with van der Waals surface area (Å²) < 4.78 is 15.9. The number of benzene rings is 2. The summed E-state index contributed by atoms with van der Waals surface area (Å²) in [6, 6.07) is 11.3. The molecule has 1 aliphatic heterocycles. The van der Waals surface area contributed by atoms with E-state index in [1.165, 1.54) is 0 Å². The molecule has 2 aromatic carbocycles. The fourth-order valence-electron chi connectivity index (χ4n) is 2.72. The maximum absolute atomic E-state index is 10.1. The lowest BCUT2D eigenvalue weighted by molar-refractivity contribution is 0.174. The van der Waals surface area contributed by atoms with E-state index in [1.54, 1.807) is 13.3 Å². The Kier molecular flexibility index (Phi) is 3.49. The summed E-state index contributed by atoms with van der Waals surface area (Å²) in [5.41, 5.74) is 2.48. The average Bonchev–Trinajstić information content (AvgIpc) is 3.18. The topological polar surface area (TPSA) is 76.1 Å². The van der Waals surface area contributed by atoms with Crippen LogP contribution in [-0.4, -0.2) is 30.2 Å². The molecule has 0 radical (unpaired) electrons. The van der Waals surface area contributed by atoms with Crippen molar-refractivity contribution < 1.29 is 19.3 Å². The molecule has 0 saturated carbocycles. The molecule has 0 spiro atoms. The van der Waals surface area contributed by atoms with Gasteiger partial charge >= 0.3 is 0 Å². The highest BCUT2D eigenvalue weighted by molar-refractivity contribution is 6.02. The summed E-state index contributed by atoms with van der Waals surface area (Å²) in [6.45, 7) is 0.736. The van der Waals surface area contributed by atoms with Crippen molar-refractivity contribution in [2.75, 3.05) is 13.9 Å². The van der Waals surface area contributed by atoms with Crippen molar-refractivity contribution in [3.05, 3.63) is 47.5 Å². The van der Waals surface area contributed by atoms with Crippen molar-refractivity contribution in [1.29, 1.82) is 0 Å². The zero-order valence-corrected chi connectivity index (χ0v) is 13.1. The molecular formula is C18H16N2O4. The number of H-pyrrole nitrogens is 1. The predicted octanol–water partition coefficient (Wildman–Crippen LogP) is 3.23. The van der Waals surface area contributed by atoms with Gasteiger partial charge in [-0.25, -0.2) is 0 Å². The van der Waals surface area contributed by atoms with Gasteiger partial charge in [0.15, 0.2) is 17.4 Å². The molecule has 0 saturated heterocycles. The van der Waals surface area contributed by atoms with Crippen LogP contribution >= 0.6 is 0 Å². The lowest BCUT2D eigenvalue weighted by Gasteiger charge is -2.00. The highest BCUT2D eigenvalue weighted by Gasteiger charge is 2.13. The second kappa shape index (κ2) is 5.81. The van der Waals surface area contributed by atoms with Gasteiger partial charge in [-0.05, 0) is 35.9 Å². The minimum atomic E-state index is 0.0905. The highest BCUT2D eigenvalue weighted by atomic mass is 16.7. The summed E-state index contributed by atoms with van der Waals surface area (Å²) in [4.78, 5) is 7.37. The van der Waals surface area contributed by atoms with Crippen LogP contribution in [-0.2, 0) is 6.54 Å². The second-order valence-corrected chi connectivity index (χ2v) is 5.46. The molecule has 0 amide bonds. The van der Waals surface area contributed by atoms with Crippen molar-refractivity contribution in [2.45, 2.75) is 6.54 Å². The number of fused-ring (bicyclic) bond motifs is 2. The summed E-state index contributed by atoms with van der Waals surface area (Å²) >= 11 is 0. The molecule has 3 aromatic rings. The first kappa shape index (κ1) is 14.4. The molecule has 0 atom stereocenters. The van der Waals surface area contributed by atoms with Gasteiger partial charge in [-0.15, -0.1) is 0 Å². The molecule has 6 nitrogen and oxygen atoms in total. The lowest BCUT2D eigenvalue weighted by Crippen LogP contribution is -1.92. The third-order valence-corrected chi connectivity index (χ3v) is 3.96. The maximum atomic E-state index is 10.1. The Morgan fingerprint density at radius 1 is 1.21 bits per heavy atom. The van der Waals surface area contributed by atoms with E-state index in [0.717, 1.165) is 33.7 Å². The van der Waals surface area contributed by atoms with Crippen LogP contribution in [0, 0.1) is 0 Å². The molecule has 122 valence electrons. The van der Waals surface area contributed by atoms with Gasteiger partial charge in [-0.3, -0.25) is 4.99 Å². The summed E-state index contributed by atoms with van der Waals surface area (Å²) in [6.07, 6.45) is 1.66. The van der Waals surface area contributed by atoms with Crippen molar-refractivity contribution >= 4 is 17.1 Å². The van der Waals surface area contributed by atoms with Crippen LogP contribution in [0.25, 0.3) is 10.9 Å². The Hall–Kier alpha value is -3.15. The number of rotatable bonds is 4. The van der Waals surface area contributed by atoms with Gasteiger partial charge in [0.2, 0.25) is 6.79 Å². The Morgan fingerprint density at radius 2 is 2.08 bits per heavy atom. The third kappa shape index (κ3) is 2.52. The maximum Gasteiger partial charge on any atom is 0.231 e. The predicted molar refractivity (Wildman–Crippen MR) is 90.4 cm³/mol. The number of hydrogen-bond acceptors (Lipinski definition) is 5. The molecule has 0 unspecified atom stereocenters. The van der Waals surface area contributed by atoms with Crippen LogP contribution in [0.4, 0.5) is 0 Å². The van der Waals surface area contributed by atoms with E-state index in [1.807, 2.05) is 36.4 Å². The van der Waals surface area contributed by atoms with Crippen molar-refractivity contribution in [2.24, 2.45) is 4.99 Å². The second-order valence-electron chi connectivity index (χ2n) is 5.46. The van der Waals surface area contributed by atoms with Gasteiger partial charge in [0.05, 0.1) is 19.2 Å². The molecule has 1 aromatic heterocycles. The normalized spacial score (nSPS) is 13.0. The first-order valence-electron chi connectivity index (χ1n) is 7.51. The molecule has 2 heterocycles. The fourth-order valence-corrected chi connectivity index (χ4v) is 2.72. The number of aliphatic imine (C=N–C) groups is 1. The van der Waals surface area contributed by atoms with Gasteiger partial charge in [-0.2, -0.15) is 0 Å². The number of methoxy groups -OCH3 is 1. The van der Waals surface area contributed by atoms with Crippen molar-refractivity contribution in [3.8, 4) is 23.1 Å². The summed E-state index contributed by atoms with van der Waals surface area (Å²) in [5, 5.41) is 11.0. The first-order chi connectivity index (χ1) is 11.7. The molecule has 0 bridgehead atoms. The molecule has 0 fully saturated rings. The van der Waals surface area contributed by atoms with Crippen LogP contribution < -0.4 is 14.2 Å². The Balaban J connectivity index is 1.59. The minimum Gasteiger partial charge on any atom is -0.497 e. The number of hydrogen-bond donors (Lipinski definition) is 2. The van der Waals surface area contributed by atoms with Crippen LogP contribution in [0.3, 0.4) is 0 Å². The van der Waals surface area contributed by atoms with Gasteiger partial charge in [0.25, 0.3) is 0 Å². The van der Waals surface area contributed by atoms with E-state index < -0.39 is 0 Å². The monoisotopic (exact) mass is 324 g/mol. The number of nitrogens with one attached hydrogen (secondary N) is 1. The number of nitrogens with zero attached hydrogens (tertiary/aromatic N) is 1. The molecule has 1 aliphatic rings. The molecule has 6 heteroatoms. The van der Waals surface area contributed by atoms with Crippen LogP contribution in [0.2, 0.25) is 0 Å². The van der Waals surface area contributed by atoms with E-state index in [-0.39, 0.29) is 12.7 Å².